The van der Waals surface area contributed by atoms with Crippen molar-refractivity contribution in [1.82, 2.24) is 4.98 Å². The molecule has 0 aromatic carbocycles. The van der Waals surface area contributed by atoms with Crippen LogP contribution < -0.4 is 0 Å². The molecule has 1 aromatic heterocycles. The molecule has 0 unspecified atom stereocenters. The highest BCUT2D eigenvalue weighted by Gasteiger charge is 2.25. The first-order valence-corrected chi connectivity index (χ1v) is 5.11. The van der Waals surface area contributed by atoms with Gasteiger partial charge in [0, 0.05) is 6.20 Å². The van der Waals surface area contributed by atoms with Crippen molar-refractivity contribution in [2.24, 2.45) is 0 Å². The summed E-state index contributed by atoms with van der Waals surface area (Å²) in [4.78, 5) is 14.9. The minimum Gasteiger partial charge on any atom is -0.504 e. The molecule has 0 aliphatic carbocycles. The zero-order valence-corrected chi connectivity index (χ0v) is 9.79. The van der Waals surface area contributed by atoms with Gasteiger partial charge in [-0.2, -0.15) is 0 Å². The summed E-state index contributed by atoms with van der Waals surface area (Å²) in [6.45, 7) is 1.56. The third-order valence-corrected chi connectivity index (χ3v) is 2.33. The van der Waals surface area contributed by atoms with E-state index in [1.165, 1.54) is 6.92 Å². The topological polar surface area (TPSA) is 59.4 Å². The fourth-order valence-electron chi connectivity index (χ4n) is 1.08. The predicted octanol–water partition coefficient (Wildman–Crippen LogP) is 2.66. The van der Waals surface area contributed by atoms with Crippen LogP contribution in [0.4, 0.5) is 8.78 Å². The number of alkyl halides is 2. The predicted molar refractivity (Wildman–Crippen MR) is 54.5 cm³/mol. The molecular formula is C9H8BrF2NO3. The van der Waals surface area contributed by atoms with Gasteiger partial charge in [0.15, 0.2) is 5.75 Å². The molecular weight excluding hydrogens is 288 g/mol. The van der Waals surface area contributed by atoms with Crippen LogP contribution in [0.1, 0.15) is 29.3 Å². The maximum absolute atomic E-state index is 12.6. The molecule has 1 N–H and O–H groups in total. The lowest BCUT2D eigenvalue weighted by Gasteiger charge is -2.10. The quantitative estimate of drug-likeness (QED) is 0.688. The molecule has 16 heavy (non-hydrogen) atoms. The smallest absolute Gasteiger partial charge is 0.342 e. The number of rotatable bonds is 3. The molecule has 0 bridgehead atoms. The third kappa shape index (κ3) is 2.46. The van der Waals surface area contributed by atoms with E-state index in [-0.39, 0.29) is 11.2 Å². The summed E-state index contributed by atoms with van der Waals surface area (Å²) < 4.78 is 29.6. The van der Waals surface area contributed by atoms with Crippen LogP contribution in [0.15, 0.2) is 10.8 Å². The van der Waals surface area contributed by atoms with Crippen molar-refractivity contribution in [3.05, 3.63) is 21.9 Å². The van der Waals surface area contributed by atoms with Crippen molar-refractivity contribution in [2.75, 3.05) is 6.61 Å². The molecule has 1 aromatic rings. The molecule has 0 amide bonds. The fourth-order valence-corrected chi connectivity index (χ4v) is 1.38. The van der Waals surface area contributed by atoms with E-state index >= 15 is 0 Å². The van der Waals surface area contributed by atoms with Crippen LogP contribution in [0, 0.1) is 0 Å². The zero-order valence-electron chi connectivity index (χ0n) is 8.21. The molecule has 0 fully saturated rings. The van der Waals surface area contributed by atoms with Gasteiger partial charge in [-0.1, -0.05) is 0 Å². The van der Waals surface area contributed by atoms with Crippen molar-refractivity contribution in [3.8, 4) is 5.75 Å². The number of hydrogen-bond acceptors (Lipinski definition) is 4. The van der Waals surface area contributed by atoms with Gasteiger partial charge in [-0.05, 0) is 22.9 Å². The van der Waals surface area contributed by atoms with E-state index < -0.39 is 29.3 Å². The third-order valence-electron chi connectivity index (χ3n) is 1.75. The number of pyridine rings is 1. The van der Waals surface area contributed by atoms with Gasteiger partial charge in [-0.3, -0.25) is 0 Å². The summed E-state index contributed by atoms with van der Waals surface area (Å²) in [6, 6.07) is 0. The van der Waals surface area contributed by atoms with Crippen molar-refractivity contribution in [3.63, 3.8) is 0 Å². The van der Waals surface area contributed by atoms with Gasteiger partial charge in [0.05, 0.1) is 12.2 Å². The Bertz CT molecular complexity index is 412. The molecule has 4 nitrogen and oxygen atoms in total. The van der Waals surface area contributed by atoms with Gasteiger partial charge in [-0.25, -0.2) is 18.6 Å². The average Bonchev–Trinajstić information content (AvgIpc) is 2.21. The van der Waals surface area contributed by atoms with Crippen molar-refractivity contribution >= 4 is 21.9 Å². The lowest BCUT2D eigenvalue weighted by atomic mass is 10.1. The molecule has 0 saturated carbocycles. The van der Waals surface area contributed by atoms with Gasteiger partial charge in [0.1, 0.15) is 10.2 Å². The normalized spacial score (nSPS) is 10.6. The maximum Gasteiger partial charge on any atom is 0.342 e. The number of carbonyl (C=O) groups is 1. The number of carbonyl (C=O) groups excluding carboxylic acids is 1. The molecule has 0 spiro atoms. The van der Waals surface area contributed by atoms with Crippen LogP contribution in [-0.2, 0) is 4.74 Å². The van der Waals surface area contributed by atoms with Crippen LogP contribution in [-0.4, -0.2) is 22.7 Å². The molecule has 7 heteroatoms. The highest BCUT2D eigenvalue weighted by Crippen LogP contribution is 2.33. The summed E-state index contributed by atoms with van der Waals surface area (Å²) >= 11 is 2.83. The molecule has 0 saturated heterocycles. The number of aromatic nitrogens is 1. The van der Waals surface area contributed by atoms with Gasteiger partial charge in [0.25, 0.3) is 6.43 Å². The first kappa shape index (κ1) is 12.8. The lowest BCUT2D eigenvalue weighted by Crippen LogP contribution is -2.10. The van der Waals surface area contributed by atoms with E-state index in [2.05, 4.69) is 25.7 Å². The minimum atomic E-state index is -2.91. The Kier molecular flexibility index (Phi) is 4.17. The van der Waals surface area contributed by atoms with Crippen LogP contribution in [0.3, 0.4) is 0 Å². The van der Waals surface area contributed by atoms with E-state index in [0.29, 0.717) is 0 Å². The highest BCUT2D eigenvalue weighted by atomic mass is 79.9. The summed E-state index contributed by atoms with van der Waals surface area (Å²) in [6.07, 6.45) is -2.09. The Morgan fingerprint density at radius 3 is 2.81 bits per heavy atom. The second-order valence-electron chi connectivity index (χ2n) is 2.75. The lowest BCUT2D eigenvalue weighted by molar-refractivity contribution is 0.0511. The second-order valence-corrected chi connectivity index (χ2v) is 3.50. The SMILES string of the molecule is CCOC(=O)c1c(C(F)F)cnc(Br)c1O. The fraction of sp³-hybridized carbons (Fsp3) is 0.333. The molecule has 1 rings (SSSR count). The summed E-state index contributed by atoms with van der Waals surface area (Å²) in [5.74, 6) is -1.64. The van der Waals surface area contributed by atoms with E-state index in [4.69, 9.17) is 0 Å². The molecule has 0 atom stereocenters. The van der Waals surface area contributed by atoms with Gasteiger partial charge in [-0.15, -0.1) is 0 Å². The Labute approximate surface area is 98.4 Å². The number of aromatic hydroxyl groups is 1. The van der Waals surface area contributed by atoms with E-state index in [0.717, 1.165) is 6.20 Å². The first-order chi connectivity index (χ1) is 7.49. The number of ether oxygens (including phenoxy) is 1. The van der Waals surface area contributed by atoms with Crippen molar-refractivity contribution in [2.45, 2.75) is 13.3 Å². The number of esters is 1. The molecule has 0 aliphatic heterocycles. The zero-order chi connectivity index (χ0) is 12.3. The Hall–Kier alpha value is -1.24. The molecule has 0 radical (unpaired) electrons. The monoisotopic (exact) mass is 295 g/mol. The van der Waals surface area contributed by atoms with E-state index in [9.17, 15) is 18.7 Å². The minimum absolute atomic E-state index is 0.0287. The van der Waals surface area contributed by atoms with Crippen LogP contribution >= 0.6 is 15.9 Å². The molecule has 88 valence electrons. The average molecular weight is 296 g/mol. The van der Waals surface area contributed by atoms with Crippen LogP contribution in [0.25, 0.3) is 0 Å². The highest BCUT2D eigenvalue weighted by molar-refractivity contribution is 9.10. The van der Waals surface area contributed by atoms with Gasteiger partial charge < -0.3 is 9.84 Å². The van der Waals surface area contributed by atoms with Gasteiger partial charge in [0.2, 0.25) is 0 Å². The number of halogens is 3. The van der Waals surface area contributed by atoms with E-state index in [1.807, 2.05) is 0 Å². The van der Waals surface area contributed by atoms with Crippen molar-refractivity contribution in [1.29, 1.82) is 0 Å². The Morgan fingerprint density at radius 2 is 2.31 bits per heavy atom. The standard InChI is InChI=1S/C9H8BrF2NO3/c1-2-16-9(15)5-4(8(11)12)3-13-7(10)6(5)14/h3,8,14H,2H2,1H3. The molecule has 0 aliphatic rings. The number of hydrogen-bond donors (Lipinski definition) is 1. The number of nitrogens with zero attached hydrogens (tertiary/aromatic N) is 1. The Balaban J connectivity index is 3.31. The van der Waals surface area contributed by atoms with Crippen LogP contribution in [0.2, 0.25) is 0 Å². The largest absolute Gasteiger partial charge is 0.504 e. The van der Waals surface area contributed by atoms with Crippen LogP contribution in [0.5, 0.6) is 5.75 Å². The maximum atomic E-state index is 12.6. The van der Waals surface area contributed by atoms with Crippen molar-refractivity contribution < 1.29 is 23.4 Å². The van der Waals surface area contributed by atoms with Gasteiger partial charge >= 0.3 is 5.97 Å². The summed E-state index contributed by atoms with van der Waals surface area (Å²) in [5, 5.41) is 9.48. The summed E-state index contributed by atoms with van der Waals surface area (Å²) in [7, 11) is 0. The first-order valence-electron chi connectivity index (χ1n) is 4.31. The van der Waals surface area contributed by atoms with E-state index in [1.54, 1.807) is 0 Å². The second kappa shape index (κ2) is 5.20. The summed E-state index contributed by atoms with van der Waals surface area (Å²) in [5.41, 5.74) is -1.21. The Morgan fingerprint density at radius 1 is 1.69 bits per heavy atom. The molecule has 1 heterocycles.